The molecule has 1 aliphatic rings. The van der Waals surface area contributed by atoms with E-state index < -0.39 is 0 Å². The van der Waals surface area contributed by atoms with Crippen LogP contribution in [0.15, 0.2) is 23.1 Å². The number of hydrogen-bond donors (Lipinski definition) is 1. The second-order valence-corrected chi connectivity index (χ2v) is 6.13. The highest BCUT2D eigenvalue weighted by molar-refractivity contribution is 7.99. The minimum absolute atomic E-state index is 0.567. The third kappa shape index (κ3) is 3.47. The third-order valence-corrected chi connectivity index (χ3v) is 4.64. The number of nitrogens with zero attached hydrogens (tertiary/aromatic N) is 1. The van der Waals surface area contributed by atoms with Crippen molar-refractivity contribution in [3.05, 3.63) is 29.3 Å². The largest absolute Gasteiger partial charge is 0.314 e. The zero-order chi connectivity index (χ0) is 12.3. The van der Waals surface area contributed by atoms with Crippen molar-refractivity contribution >= 4 is 11.8 Å². The van der Waals surface area contributed by atoms with E-state index in [1.165, 1.54) is 29.1 Å². The molecular weight excluding hydrogens is 228 g/mol. The smallest absolute Gasteiger partial charge is 0.0576 e. The van der Waals surface area contributed by atoms with Crippen LogP contribution in [0.1, 0.15) is 18.1 Å². The van der Waals surface area contributed by atoms with Gasteiger partial charge in [0.15, 0.2) is 0 Å². The van der Waals surface area contributed by atoms with E-state index in [0.717, 1.165) is 13.1 Å². The van der Waals surface area contributed by atoms with Gasteiger partial charge in [0.05, 0.1) is 5.37 Å². The Labute approximate surface area is 109 Å². The first kappa shape index (κ1) is 12.9. The molecule has 1 atom stereocenters. The highest BCUT2D eigenvalue weighted by atomic mass is 32.2. The summed E-state index contributed by atoms with van der Waals surface area (Å²) in [6.45, 7) is 11.3. The van der Waals surface area contributed by atoms with Gasteiger partial charge in [0.25, 0.3) is 0 Å². The normalized spacial score (nSPS) is 19.2. The van der Waals surface area contributed by atoms with Crippen LogP contribution in [0, 0.1) is 13.8 Å². The molecule has 1 heterocycles. The summed E-state index contributed by atoms with van der Waals surface area (Å²) in [6.07, 6.45) is 0. The molecule has 1 saturated heterocycles. The summed E-state index contributed by atoms with van der Waals surface area (Å²) in [4.78, 5) is 3.99. The summed E-state index contributed by atoms with van der Waals surface area (Å²) in [5.41, 5.74) is 2.74. The number of aryl methyl sites for hydroxylation is 2. The molecule has 2 rings (SSSR count). The van der Waals surface area contributed by atoms with Crippen LogP contribution in [0.4, 0.5) is 0 Å². The number of rotatable bonds is 3. The molecule has 2 nitrogen and oxygen atoms in total. The standard InChI is InChI=1S/C14H22N2S/c1-11-4-5-12(2)14(10-11)17-13(3)16-8-6-15-7-9-16/h4-5,10,13,15H,6-9H2,1-3H3. The van der Waals surface area contributed by atoms with Gasteiger partial charge in [0.1, 0.15) is 0 Å². The average molecular weight is 250 g/mol. The fourth-order valence-electron chi connectivity index (χ4n) is 2.14. The Bertz CT molecular complexity index is 372. The van der Waals surface area contributed by atoms with Crippen LogP contribution in [0.3, 0.4) is 0 Å². The molecule has 0 radical (unpaired) electrons. The predicted octanol–water partition coefficient (Wildman–Crippen LogP) is 2.65. The summed E-state index contributed by atoms with van der Waals surface area (Å²) < 4.78 is 0. The number of hydrogen-bond acceptors (Lipinski definition) is 3. The van der Waals surface area contributed by atoms with E-state index in [2.05, 4.69) is 49.2 Å². The summed E-state index contributed by atoms with van der Waals surface area (Å²) >= 11 is 1.99. The van der Waals surface area contributed by atoms with E-state index in [0.29, 0.717) is 5.37 Å². The first-order valence-corrected chi connectivity index (χ1v) is 7.23. The summed E-state index contributed by atoms with van der Waals surface area (Å²) in [6, 6.07) is 6.72. The molecule has 1 unspecified atom stereocenters. The molecule has 0 aromatic heterocycles. The van der Waals surface area contributed by atoms with Crippen molar-refractivity contribution in [3.8, 4) is 0 Å². The highest BCUT2D eigenvalue weighted by Crippen LogP contribution is 2.29. The maximum absolute atomic E-state index is 3.40. The molecule has 0 amide bonds. The maximum Gasteiger partial charge on any atom is 0.0576 e. The van der Waals surface area contributed by atoms with Crippen LogP contribution in [-0.2, 0) is 0 Å². The lowest BCUT2D eigenvalue weighted by Gasteiger charge is -2.32. The Morgan fingerprint density at radius 3 is 2.65 bits per heavy atom. The summed E-state index contributed by atoms with van der Waals surface area (Å²) in [7, 11) is 0. The first-order chi connectivity index (χ1) is 8.16. The molecule has 1 fully saturated rings. The molecule has 0 saturated carbocycles. The topological polar surface area (TPSA) is 15.3 Å². The van der Waals surface area contributed by atoms with E-state index in [-0.39, 0.29) is 0 Å². The van der Waals surface area contributed by atoms with Gasteiger partial charge < -0.3 is 5.32 Å². The van der Waals surface area contributed by atoms with Crippen molar-refractivity contribution in [2.45, 2.75) is 31.0 Å². The SMILES string of the molecule is Cc1ccc(C)c(SC(C)N2CCNCC2)c1. The lowest BCUT2D eigenvalue weighted by atomic mass is 10.2. The van der Waals surface area contributed by atoms with Gasteiger partial charge in [-0.1, -0.05) is 12.1 Å². The van der Waals surface area contributed by atoms with E-state index in [1.807, 2.05) is 11.8 Å². The van der Waals surface area contributed by atoms with Gasteiger partial charge in [-0.25, -0.2) is 0 Å². The lowest BCUT2D eigenvalue weighted by molar-refractivity contribution is 0.234. The zero-order valence-electron chi connectivity index (χ0n) is 11.0. The third-order valence-electron chi connectivity index (χ3n) is 3.31. The van der Waals surface area contributed by atoms with Gasteiger partial charge in [-0.3, -0.25) is 4.90 Å². The fraction of sp³-hybridized carbons (Fsp3) is 0.571. The Balaban J connectivity index is 2.01. The van der Waals surface area contributed by atoms with Crippen molar-refractivity contribution in [3.63, 3.8) is 0 Å². The molecule has 1 aromatic carbocycles. The molecule has 0 bridgehead atoms. The van der Waals surface area contributed by atoms with Crippen LogP contribution < -0.4 is 5.32 Å². The number of nitrogens with one attached hydrogen (secondary N) is 1. The maximum atomic E-state index is 3.40. The first-order valence-electron chi connectivity index (χ1n) is 6.35. The number of thioether (sulfide) groups is 1. The molecule has 1 aliphatic heterocycles. The Hall–Kier alpha value is -0.510. The Morgan fingerprint density at radius 1 is 1.24 bits per heavy atom. The summed E-state index contributed by atoms with van der Waals surface area (Å²) in [5, 5.41) is 3.97. The van der Waals surface area contributed by atoms with Crippen molar-refractivity contribution < 1.29 is 0 Å². The molecule has 0 spiro atoms. The van der Waals surface area contributed by atoms with Gasteiger partial charge in [-0.15, -0.1) is 11.8 Å². The monoisotopic (exact) mass is 250 g/mol. The number of benzene rings is 1. The molecule has 94 valence electrons. The van der Waals surface area contributed by atoms with Crippen LogP contribution in [0.25, 0.3) is 0 Å². The van der Waals surface area contributed by atoms with Crippen LogP contribution in [0.5, 0.6) is 0 Å². The summed E-state index contributed by atoms with van der Waals surface area (Å²) in [5.74, 6) is 0. The molecule has 3 heteroatoms. The zero-order valence-corrected chi connectivity index (χ0v) is 11.8. The van der Waals surface area contributed by atoms with Crippen molar-refractivity contribution in [2.75, 3.05) is 26.2 Å². The molecule has 0 aliphatic carbocycles. The average Bonchev–Trinajstić information content (AvgIpc) is 2.35. The van der Waals surface area contributed by atoms with Crippen LogP contribution in [-0.4, -0.2) is 36.5 Å². The van der Waals surface area contributed by atoms with Crippen molar-refractivity contribution in [1.82, 2.24) is 10.2 Å². The van der Waals surface area contributed by atoms with E-state index in [1.54, 1.807) is 0 Å². The second kappa shape index (κ2) is 5.89. The van der Waals surface area contributed by atoms with Crippen molar-refractivity contribution in [2.24, 2.45) is 0 Å². The van der Waals surface area contributed by atoms with Gasteiger partial charge in [-0.05, 0) is 38.0 Å². The Kier molecular flexibility index (Phi) is 4.48. The lowest BCUT2D eigenvalue weighted by Crippen LogP contribution is -2.46. The second-order valence-electron chi connectivity index (χ2n) is 4.77. The van der Waals surface area contributed by atoms with E-state index in [4.69, 9.17) is 0 Å². The quantitative estimate of drug-likeness (QED) is 0.830. The molecular formula is C14H22N2S. The minimum Gasteiger partial charge on any atom is -0.314 e. The number of piperazine rings is 1. The van der Waals surface area contributed by atoms with Crippen molar-refractivity contribution in [1.29, 1.82) is 0 Å². The van der Waals surface area contributed by atoms with Gasteiger partial charge in [0, 0.05) is 31.1 Å². The predicted molar refractivity (Wildman–Crippen MR) is 75.7 cm³/mol. The van der Waals surface area contributed by atoms with Gasteiger partial charge >= 0.3 is 0 Å². The van der Waals surface area contributed by atoms with E-state index in [9.17, 15) is 0 Å². The Morgan fingerprint density at radius 2 is 1.94 bits per heavy atom. The molecule has 1 aromatic rings. The molecule has 17 heavy (non-hydrogen) atoms. The fourth-order valence-corrected chi connectivity index (χ4v) is 3.37. The van der Waals surface area contributed by atoms with Crippen LogP contribution >= 0.6 is 11.8 Å². The van der Waals surface area contributed by atoms with Gasteiger partial charge in [-0.2, -0.15) is 0 Å². The van der Waals surface area contributed by atoms with E-state index >= 15 is 0 Å². The van der Waals surface area contributed by atoms with Crippen LogP contribution in [0.2, 0.25) is 0 Å². The highest BCUT2D eigenvalue weighted by Gasteiger charge is 2.17. The van der Waals surface area contributed by atoms with Gasteiger partial charge in [0.2, 0.25) is 0 Å². The minimum atomic E-state index is 0.567. The molecule has 1 N–H and O–H groups in total.